The number of nitrogens with one attached hydrogen (secondary N) is 1. The van der Waals surface area contributed by atoms with Crippen molar-refractivity contribution in [2.45, 2.75) is 62.9 Å². The molecule has 0 radical (unpaired) electrons. The molecule has 2 aliphatic carbocycles. The Bertz CT molecular complexity index is 215. The summed E-state index contributed by atoms with van der Waals surface area (Å²) < 4.78 is 0. The number of primary amides is 1. The fourth-order valence-corrected chi connectivity index (χ4v) is 2.40. The van der Waals surface area contributed by atoms with Gasteiger partial charge in [0.2, 0.25) is 5.91 Å². The van der Waals surface area contributed by atoms with Crippen LogP contribution in [-0.4, -0.2) is 17.5 Å². The molecule has 0 aromatic carbocycles. The second-order valence-corrected chi connectivity index (χ2v) is 4.78. The molecule has 0 bridgehead atoms. The summed E-state index contributed by atoms with van der Waals surface area (Å²) in [6.45, 7) is 0. The van der Waals surface area contributed by atoms with Crippen molar-refractivity contribution in [1.29, 1.82) is 0 Å². The second kappa shape index (κ2) is 3.89. The molecule has 2 rings (SSSR count). The van der Waals surface area contributed by atoms with Crippen LogP contribution in [0, 0.1) is 0 Å². The van der Waals surface area contributed by atoms with Crippen LogP contribution < -0.4 is 11.1 Å². The van der Waals surface area contributed by atoms with Gasteiger partial charge >= 0.3 is 0 Å². The van der Waals surface area contributed by atoms with E-state index in [0.717, 1.165) is 12.8 Å². The summed E-state index contributed by atoms with van der Waals surface area (Å²) in [7, 11) is 0. The van der Waals surface area contributed by atoms with Gasteiger partial charge in [0.1, 0.15) is 0 Å². The predicted molar refractivity (Wildman–Crippen MR) is 55.8 cm³/mol. The van der Waals surface area contributed by atoms with Gasteiger partial charge in [-0.2, -0.15) is 0 Å². The second-order valence-electron chi connectivity index (χ2n) is 4.78. The van der Waals surface area contributed by atoms with Crippen molar-refractivity contribution in [3.63, 3.8) is 0 Å². The molecular formula is C11H20N2O. The van der Waals surface area contributed by atoms with Gasteiger partial charge in [0.15, 0.2) is 0 Å². The van der Waals surface area contributed by atoms with Crippen molar-refractivity contribution in [3.05, 3.63) is 0 Å². The monoisotopic (exact) mass is 196 g/mol. The lowest BCUT2D eigenvalue weighted by Crippen LogP contribution is -2.48. The molecule has 2 saturated carbocycles. The van der Waals surface area contributed by atoms with Gasteiger partial charge in [-0.1, -0.05) is 25.7 Å². The molecule has 14 heavy (non-hydrogen) atoms. The van der Waals surface area contributed by atoms with Crippen LogP contribution in [0.5, 0.6) is 0 Å². The smallest absolute Gasteiger partial charge is 0.237 e. The molecule has 2 aliphatic rings. The molecule has 0 aliphatic heterocycles. The third-order valence-corrected chi connectivity index (χ3v) is 3.56. The Balaban J connectivity index is 1.86. The minimum absolute atomic E-state index is 0.151. The highest BCUT2D eigenvalue weighted by Crippen LogP contribution is 2.36. The first kappa shape index (κ1) is 9.97. The highest BCUT2D eigenvalue weighted by Gasteiger charge is 2.49. The molecule has 2 fully saturated rings. The lowest BCUT2D eigenvalue weighted by molar-refractivity contribution is -0.121. The van der Waals surface area contributed by atoms with Crippen LogP contribution in [0.2, 0.25) is 0 Å². The minimum atomic E-state index is -0.311. The quantitative estimate of drug-likeness (QED) is 0.669. The Morgan fingerprint density at radius 2 is 1.71 bits per heavy atom. The van der Waals surface area contributed by atoms with Crippen LogP contribution in [0.25, 0.3) is 0 Å². The van der Waals surface area contributed by atoms with Gasteiger partial charge in [-0.15, -0.1) is 0 Å². The Labute approximate surface area is 85.4 Å². The topological polar surface area (TPSA) is 55.1 Å². The van der Waals surface area contributed by atoms with E-state index in [0.29, 0.717) is 6.04 Å². The van der Waals surface area contributed by atoms with Crippen molar-refractivity contribution >= 4 is 5.91 Å². The van der Waals surface area contributed by atoms with Crippen LogP contribution in [0.3, 0.4) is 0 Å². The third kappa shape index (κ3) is 2.08. The molecule has 3 N–H and O–H groups in total. The zero-order valence-corrected chi connectivity index (χ0v) is 8.72. The number of carbonyl (C=O) groups is 1. The van der Waals surface area contributed by atoms with E-state index in [1.165, 1.54) is 38.5 Å². The summed E-state index contributed by atoms with van der Waals surface area (Å²) in [6, 6.07) is 0.535. The lowest BCUT2D eigenvalue weighted by Gasteiger charge is -2.22. The largest absolute Gasteiger partial charge is 0.368 e. The van der Waals surface area contributed by atoms with Crippen molar-refractivity contribution < 1.29 is 4.79 Å². The molecule has 1 amide bonds. The molecule has 0 unspecified atom stereocenters. The van der Waals surface area contributed by atoms with Gasteiger partial charge in [0.25, 0.3) is 0 Å². The van der Waals surface area contributed by atoms with Crippen molar-refractivity contribution in [2.24, 2.45) is 5.73 Å². The first-order valence-corrected chi connectivity index (χ1v) is 5.81. The number of amides is 1. The van der Waals surface area contributed by atoms with Gasteiger partial charge < -0.3 is 11.1 Å². The highest BCUT2D eigenvalue weighted by molar-refractivity contribution is 5.87. The average molecular weight is 196 g/mol. The molecule has 0 heterocycles. The van der Waals surface area contributed by atoms with Crippen LogP contribution in [0.15, 0.2) is 0 Å². The average Bonchev–Trinajstić information content (AvgIpc) is 2.91. The van der Waals surface area contributed by atoms with Crippen molar-refractivity contribution in [2.75, 3.05) is 0 Å². The molecular weight excluding hydrogens is 176 g/mol. The van der Waals surface area contributed by atoms with Crippen molar-refractivity contribution in [1.82, 2.24) is 5.32 Å². The van der Waals surface area contributed by atoms with E-state index < -0.39 is 0 Å². The number of carbonyl (C=O) groups excluding carboxylic acids is 1. The zero-order valence-electron chi connectivity index (χ0n) is 8.72. The summed E-state index contributed by atoms with van der Waals surface area (Å²) in [5.74, 6) is -0.151. The van der Waals surface area contributed by atoms with Crippen LogP contribution >= 0.6 is 0 Å². The fourth-order valence-electron chi connectivity index (χ4n) is 2.40. The summed E-state index contributed by atoms with van der Waals surface area (Å²) in [4.78, 5) is 11.2. The molecule has 0 atom stereocenters. The Morgan fingerprint density at radius 3 is 2.14 bits per heavy atom. The Morgan fingerprint density at radius 1 is 1.14 bits per heavy atom. The minimum Gasteiger partial charge on any atom is -0.368 e. The van der Waals surface area contributed by atoms with E-state index in [9.17, 15) is 4.79 Å². The summed E-state index contributed by atoms with van der Waals surface area (Å²) in [6.07, 6.45) is 9.62. The van der Waals surface area contributed by atoms with Crippen LogP contribution in [-0.2, 0) is 4.79 Å². The summed E-state index contributed by atoms with van der Waals surface area (Å²) in [5, 5.41) is 3.47. The third-order valence-electron chi connectivity index (χ3n) is 3.56. The Kier molecular flexibility index (Phi) is 2.77. The van der Waals surface area contributed by atoms with E-state index in [4.69, 9.17) is 5.73 Å². The molecule has 3 heteroatoms. The number of nitrogens with two attached hydrogens (primary N) is 1. The van der Waals surface area contributed by atoms with Gasteiger partial charge in [-0.3, -0.25) is 4.79 Å². The van der Waals surface area contributed by atoms with Crippen LogP contribution in [0.4, 0.5) is 0 Å². The standard InChI is InChI=1S/C11H20N2O/c12-10(14)11(7-8-11)13-9-5-3-1-2-4-6-9/h9,13H,1-8H2,(H2,12,14). The van der Waals surface area contributed by atoms with Gasteiger partial charge in [-0.05, 0) is 25.7 Å². The fraction of sp³-hybridized carbons (Fsp3) is 0.909. The van der Waals surface area contributed by atoms with E-state index in [1.807, 2.05) is 0 Å². The first-order valence-electron chi connectivity index (χ1n) is 5.81. The SMILES string of the molecule is NC(=O)C1(NC2CCCCCC2)CC1. The molecule has 0 aromatic rings. The van der Waals surface area contributed by atoms with E-state index in [-0.39, 0.29) is 11.4 Å². The van der Waals surface area contributed by atoms with Crippen molar-refractivity contribution in [3.8, 4) is 0 Å². The lowest BCUT2D eigenvalue weighted by atomic mass is 10.1. The summed E-state index contributed by atoms with van der Waals surface area (Å²) >= 11 is 0. The molecule has 0 aromatic heterocycles. The normalized spacial score (nSPS) is 26.9. The van der Waals surface area contributed by atoms with Gasteiger partial charge in [0.05, 0.1) is 5.54 Å². The number of hydrogen-bond acceptors (Lipinski definition) is 2. The molecule has 0 spiro atoms. The molecule has 0 saturated heterocycles. The van der Waals surface area contributed by atoms with E-state index in [2.05, 4.69) is 5.32 Å². The molecule has 80 valence electrons. The Hall–Kier alpha value is -0.570. The number of rotatable bonds is 3. The first-order chi connectivity index (χ1) is 6.73. The zero-order chi connectivity index (χ0) is 10.0. The van der Waals surface area contributed by atoms with E-state index >= 15 is 0 Å². The predicted octanol–water partition coefficient (Wildman–Crippen LogP) is 1.32. The molecule has 3 nitrogen and oxygen atoms in total. The van der Waals surface area contributed by atoms with Gasteiger partial charge in [0, 0.05) is 6.04 Å². The maximum atomic E-state index is 11.2. The van der Waals surface area contributed by atoms with E-state index in [1.54, 1.807) is 0 Å². The maximum Gasteiger partial charge on any atom is 0.237 e. The van der Waals surface area contributed by atoms with Crippen LogP contribution in [0.1, 0.15) is 51.4 Å². The highest BCUT2D eigenvalue weighted by atomic mass is 16.1. The number of hydrogen-bond donors (Lipinski definition) is 2. The maximum absolute atomic E-state index is 11.2. The summed E-state index contributed by atoms with van der Waals surface area (Å²) in [5.41, 5.74) is 5.08. The van der Waals surface area contributed by atoms with Gasteiger partial charge in [-0.25, -0.2) is 0 Å².